The average molecular weight is 547 g/mol. The molecule has 0 bridgehead atoms. The van der Waals surface area contributed by atoms with Gasteiger partial charge in [0.2, 0.25) is 0 Å². The molecule has 1 heterocycles. The number of ether oxygens (including phenoxy) is 2. The highest BCUT2D eigenvalue weighted by molar-refractivity contribution is 6.32. The second-order valence-corrected chi connectivity index (χ2v) is 9.84. The van der Waals surface area contributed by atoms with Crippen molar-refractivity contribution in [3.8, 4) is 11.5 Å². The third-order valence-electron chi connectivity index (χ3n) is 6.83. The molecule has 3 aromatic carbocycles. The summed E-state index contributed by atoms with van der Waals surface area (Å²) in [4.78, 5) is 28.9. The van der Waals surface area contributed by atoms with Crippen LogP contribution in [0.1, 0.15) is 55.0 Å². The van der Waals surface area contributed by atoms with E-state index in [1.54, 1.807) is 36.5 Å². The predicted octanol–water partition coefficient (Wildman–Crippen LogP) is 6.48. The van der Waals surface area contributed by atoms with Gasteiger partial charge in [-0.1, -0.05) is 55.1 Å². The van der Waals surface area contributed by atoms with Crippen molar-refractivity contribution in [1.82, 2.24) is 9.66 Å². The molecular formula is C29H27ClN4O5. The zero-order valence-electron chi connectivity index (χ0n) is 21.4. The van der Waals surface area contributed by atoms with Crippen molar-refractivity contribution in [3.63, 3.8) is 0 Å². The van der Waals surface area contributed by atoms with Crippen LogP contribution in [0.5, 0.6) is 11.5 Å². The highest BCUT2D eigenvalue weighted by Gasteiger charge is 2.22. The summed E-state index contributed by atoms with van der Waals surface area (Å²) in [7, 11) is 1.49. The van der Waals surface area contributed by atoms with Crippen LogP contribution in [-0.2, 0) is 6.61 Å². The normalized spacial score (nSPS) is 14.1. The Hall–Kier alpha value is -4.24. The zero-order chi connectivity index (χ0) is 27.4. The predicted molar refractivity (Wildman–Crippen MR) is 150 cm³/mol. The van der Waals surface area contributed by atoms with Crippen LogP contribution >= 0.6 is 11.6 Å². The van der Waals surface area contributed by atoms with Crippen LogP contribution in [0.25, 0.3) is 10.9 Å². The van der Waals surface area contributed by atoms with Gasteiger partial charge in [0, 0.05) is 18.1 Å². The maximum Gasteiger partial charge on any atom is 0.282 e. The van der Waals surface area contributed by atoms with Crippen molar-refractivity contribution in [2.75, 3.05) is 7.11 Å². The topological polar surface area (TPSA) is 109 Å². The number of hydrogen-bond acceptors (Lipinski definition) is 7. The molecule has 0 aliphatic heterocycles. The third-order valence-corrected chi connectivity index (χ3v) is 7.11. The van der Waals surface area contributed by atoms with Crippen LogP contribution < -0.4 is 15.0 Å². The van der Waals surface area contributed by atoms with Crippen molar-refractivity contribution >= 4 is 34.4 Å². The monoisotopic (exact) mass is 546 g/mol. The molecule has 0 saturated heterocycles. The van der Waals surface area contributed by atoms with E-state index in [0.29, 0.717) is 39.4 Å². The van der Waals surface area contributed by atoms with Gasteiger partial charge in [-0.25, -0.2) is 4.98 Å². The van der Waals surface area contributed by atoms with Gasteiger partial charge in [-0.15, -0.1) is 0 Å². The number of para-hydroxylation sites is 1. The van der Waals surface area contributed by atoms with Crippen LogP contribution in [0.4, 0.5) is 5.69 Å². The van der Waals surface area contributed by atoms with E-state index in [9.17, 15) is 14.9 Å². The van der Waals surface area contributed by atoms with E-state index >= 15 is 0 Å². The molecule has 200 valence electrons. The molecule has 1 aliphatic rings. The molecule has 9 nitrogen and oxygen atoms in total. The second-order valence-electron chi connectivity index (χ2n) is 9.43. The Morgan fingerprint density at radius 1 is 1.13 bits per heavy atom. The third kappa shape index (κ3) is 5.78. The number of benzene rings is 3. The first-order valence-corrected chi connectivity index (χ1v) is 13.1. The van der Waals surface area contributed by atoms with Crippen molar-refractivity contribution in [1.29, 1.82) is 0 Å². The van der Waals surface area contributed by atoms with Gasteiger partial charge in [0.05, 0.1) is 34.2 Å². The van der Waals surface area contributed by atoms with Gasteiger partial charge < -0.3 is 9.47 Å². The molecule has 1 fully saturated rings. The number of fused-ring (bicyclic) bond motifs is 1. The SMILES string of the molecule is COc1cc(C=Nn2c(C3CCCCC3)nc3ccccc3c2=O)cc(Cl)c1OCc1cccc([N+](=O)[O-])c1. The van der Waals surface area contributed by atoms with E-state index < -0.39 is 4.92 Å². The molecule has 0 atom stereocenters. The first-order valence-electron chi connectivity index (χ1n) is 12.7. The minimum absolute atomic E-state index is 0.0215. The fourth-order valence-electron chi connectivity index (χ4n) is 4.87. The minimum Gasteiger partial charge on any atom is -0.493 e. The molecule has 1 aliphatic carbocycles. The Morgan fingerprint density at radius 2 is 1.92 bits per heavy atom. The van der Waals surface area contributed by atoms with Crippen LogP contribution in [0, 0.1) is 10.1 Å². The van der Waals surface area contributed by atoms with Gasteiger partial charge in [-0.2, -0.15) is 9.78 Å². The maximum absolute atomic E-state index is 13.4. The molecule has 0 unspecified atom stereocenters. The summed E-state index contributed by atoms with van der Waals surface area (Å²) in [5.74, 6) is 1.50. The van der Waals surface area contributed by atoms with Gasteiger partial charge in [0.25, 0.3) is 11.2 Å². The number of halogens is 1. The van der Waals surface area contributed by atoms with E-state index in [2.05, 4.69) is 5.10 Å². The van der Waals surface area contributed by atoms with E-state index in [4.69, 9.17) is 26.1 Å². The van der Waals surface area contributed by atoms with E-state index in [-0.39, 0.29) is 28.8 Å². The summed E-state index contributed by atoms with van der Waals surface area (Å²) in [6.45, 7) is 0.0636. The summed E-state index contributed by atoms with van der Waals surface area (Å²) in [5, 5.41) is 16.4. The highest BCUT2D eigenvalue weighted by atomic mass is 35.5. The molecule has 1 aromatic heterocycles. The molecule has 0 spiro atoms. The van der Waals surface area contributed by atoms with Crippen LogP contribution in [0.3, 0.4) is 0 Å². The number of methoxy groups -OCH3 is 1. The van der Waals surface area contributed by atoms with Gasteiger partial charge in [-0.3, -0.25) is 14.9 Å². The average Bonchev–Trinajstić information content (AvgIpc) is 2.96. The van der Waals surface area contributed by atoms with Crippen LogP contribution in [0.2, 0.25) is 5.02 Å². The fraction of sp³-hybridized carbons (Fsp3) is 0.276. The van der Waals surface area contributed by atoms with E-state index in [1.807, 2.05) is 18.2 Å². The summed E-state index contributed by atoms with van der Waals surface area (Å²) in [6.07, 6.45) is 6.88. The number of hydrogen-bond donors (Lipinski definition) is 0. The number of aromatic nitrogens is 2. The molecule has 5 rings (SSSR count). The molecule has 0 amide bonds. The fourth-order valence-corrected chi connectivity index (χ4v) is 5.15. The summed E-state index contributed by atoms with van der Waals surface area (Å²) < 4.78 is 12.8. The Labute approximate surface area is 229 Å². The van der Waals surface area contributed by atoms with Crippen LogP contribution in [0.15, 0.2) is 70.6 Å². The first-order chi connectivity index (χ1) is 18.9. The molecule has 10 heteroatoms. The lowest BCUT2D eigenvalue weighted by Crippen LogP contribution is -2.25. The Morgan fingerprint density at radius 3 is 2.69 bits per heavy atom. The van der Waals surface area contributed by atoms with Gasteiger partial charge >= 0.3 is 0 Å². The van der Waals surface area contributed by atoms with Crippen molar-refractivity contribution in [2.45, 2.75) is 44.6 Å². The number of nitro groups is 1. The number of non-ortho nitro benzene ring substituents is 1. The quantitative estimate of drug-likeness (QED) is 0.142. The first kappa shape index (κ1) is 26.4. The Kier molecular flexibility index (Phi) is 7.88. The van der Waals surface area contributed by atoms with E-state index in [1.165, 1.54) is 30.3 Å². The second kappa shape index (κ2) is 11.7. The molecule has 39 heavy (non-hydrogen) atoms. The van der Waals surface area contributed by atoms with Gasteiger partial charge in [0.15, 0.2) is 11.5 Å². The lowest BCUT2D eigenvalue weighted by Gasteiger charge is -2.22. The summed E-state index contributed by atoms with van der Waals surface area (Å²) in [5.41, 5.74) is 1.66. The highest BCUT2D eigenvalue weighted by Crippen LogP contribution is 2.37. The Balaban J connectivity index is 1.46. The van der Waals surface area contributed by atoms with Gasteiger partial charge in [0.1, 0.15) is 12.4 Å². The lowest BCUT2D eigenvalue weighted by atomic mass is 9.88. The molecule has 1 saturated carbocycles. The zero-order valence-corrected chi connectivity index (χ0v) is 22.1. The minimum atomic E-state index is -0.457. The van der Waals surface area contributed by atoms with Crippen molar-refractivity contribution in [2.24, 2.45) is 5.10 Å². The smallest absolute Gasteiger partial charge is 0.282 e. The van der Waals surface area contributed by atoms with Gasteiger partial charge in [-0.05, 0) is 48.2 Å². The van der Waals surface area contributed by atoms with Crippen molar-refractivity contribution < 1.29 is 14.4 Å². The summed E-state index contributed by atoms with van der Waals surface area (Å²) in [6, 6.07) is 16.9. The maximum atomic E-state index is 13.4. The Bertz CT molecular complexity index is 1610. The van der Waals surface area contributed by atoms with Crippen LogP contribution in [-0.4, -0.2) is 27.9 Å². The van der Waals surface area contributed by atoms with E-state index in [0.717, 1.165) is 25.7 Å². The number of rotatable bonds is 8. The largest absolute Gasteiger partial charge is 0.493 e. The summed E-state index contributed by atoms with van der Waals surface area (Å²) >= 11 is 6.55. The van der Waals surface area contributed by atoms with Crippen molar-refractivity contribution in [3.05, 3.63) is 103 Å². The molecule has 0 N–H and O–H groups in total. The number of nitro benzene ring substituents is 1. The standard InChI is InChI=1S/C29H27ClN4O5/c1-38-26-16-20(15-24(30)27(26)39-18-19-8-7-11-22(14-19)34(36)37)17-31-33-28(21-9-3-2-4-10-21)32-25-13-6-5-12-23(25)29(33)35/h5-8,11-17,21H,2-4,9-10,18H2,1H3. The molecule has 0 radical (unpaired) electrons. The lowest BCUT2D eigenvalue weighted by molar-refractivity contribution is -0.384. The molecular weight excluding hydrogens is 520 g/mol. The number of nitrogens with zero attached hydrogens (tertiary/aromatic N) is 4. The molecule has 4 aromatic rings.